The first kappa shape index (κ1) is 14.8. The summed E-state index contributed by atoms with van der Waals surface area (Å²) in [5.41, 5.74) is 0.868. The van der Waals surface area contributed by atoms with Crippen molar-refractivity contribution in [3.63, 3.8) is 0 Å². The van der Waals surface area contributed by atoms with Crippen molar-refractivity contribution in [2.75, 3.05) is 14.2 Å². The summed E-state index contributed by atoms with van der Waals surface area (Å²) in [7, 11) is 3.09. The molecular weight excluding hydrogens is 275 g/mol. The zero-order chi connectivity index (χ0) is 15.2. The molecule has 0 aliphatic carbocycles. The van der Waals surface area contributed by atoms with E-state index in [1.54, 1.807) is 25.3 Å². The van der Waals surface area contributed by atoms with Crippen LogP contribution in [-0.2, 0) is 6.54 Å². The Labute approximate surface area is 121 Å². The molecule has 0 fully saturated rings. The number of aromatic nitrogens is 1. The Morgan fingerprint density at radius 2 is 1.95 bits per heavy atom. The van der Waals surface area contributed by atoms with Gasteiger partial charge in [-0.25, -0.2) is 4.98 Å². The van der Waals surface area contributed by atoms with Crippen LogP contribution in [0.3, 0.4) is 0 Å². The van der Waals surface area contributed by atoms with Crippen LogP contribution >= 0.6 is 0 Å². The van der Waals surface area contributed by atoms with Gasteiger partial charge < -0.3 is 14.8 Å². The Morgan fingerprint density at radius 3 is 2.62 bits per heavy atom. The molecule has 21 heavy (non-hydrogen) atoms. The molecule has 0 aliphatic heterocycles. The Kier molecular flexibility index (Phi) is 4.71. The molecule has 0 saturated carbocycles. The molecule has 0 unspecified atom stereocenters. The van der Waals surface area contributed by atoms with E-state index in [0.29, 0.717) is 11.5 Å². The lowest BCUT2D eigenvalue weighted by atomic mass is 10.2. The lowest BCUT2D eigenvalue weighted by Crippen LogP contribution is -2.24. The van der Waals surface area contributed by atoms with Crippen molar-refractivity contribution in [2.45, 2.75) is 6.54 Å². The fraction of sp³-hybridized carbons (Fsp3) is 0.200. The van der Waals surface area contributed by atoms with E-state index in [1.807, 2.05) is 0 Å². The van der Waals surface area contributed by atoms with Crippen LogP contribution in [0.2, 0.25) is 0 Å². The van der Waals surface area contributed by atoms with Gasteiger partial charge in [-0.1, -0.05) is 12.1 Å². The van der Waals surface area contributed by atoms with Gasteiger partial charge in [0.1, 0.15) is 5.69 Å². The van der Waals surface area contributed by atoms with E-state index in [1.165, 1.54) is 25.3 Å². The van der Waals surface area contributed by atoms with Gasteiger partial charge in [-0.05, 0) is 29.8 Å². The molecule has 1 amide bonds. The van der Waals surface area contributed by atoms with E-state index in [4.69, 9.17) is 9.47 Å². The molecule has 0 spiro atoms. The van der Waals surface area contributed by atoms with Gasteiger partial charge in [0, 0.05) is 6.54 Å². The third kappa shape index (κ3) is 3.68. The van der Waals surface area contributed by atoms with E-state index in [9.17, 15) is 9.18 Å². The molecule has 2 rings (SSSR count). The molecule has 2 aromatic rings. The second-order valence-corrected chi connectivity index (χ2v) is 4.22. The minimum absolute atomic E-state index is 0.0375. The first-order valence-corrected chi connectivity index (χ1v) is 6.25. The van der Waals surface area contributed by atoms with Crippen LogP contribution in [0.15, 0.2) is 36.4 Å². The summed E-state index contributed by atoms with van der Waals surface area (Å²) in [5.74, 6) is 0.0607. The molecular formula is C15H15FN2O3. The molecule has 1 N–H and O–H groups in total. The third-order valence-electron chi connectivity index (χ3n) is 2.85. The first-order chi connectivity index (χ1) is 10.1. The number of hydrogen-bond donors (Lipinski definition) is 1. The molecule has 0 bridgehead atoms. The number of nitrogens with zero attached hydrogens (tertiary/aromatic N) is 1. The fourth-order valence-corrected chi connectivity index (χ4v) is 1.80. The van der Waals surface area contributed by atoms with E-state index >= 15 is 0 Å². The minimum atomic E-state index is -0.686. The molecule has 0 radical (unpaired) electrons. The number of benzene rings is 1. The van der Waals surface area contributed by atoms with Gasteiger partial charge in [0.25, 0.3) is 5.91 Å². The number of hydrogen-bond acceptors (Lipinski definition) is 4. The molecule has 5 nitrogen and oxygen atoms in total. The van der Waals surface area contributed by atoms with Crippen LogP contribution in [0.1, 0.15) is 16.1 Å². The molecule has 1 aromatic heterocycles. The second-order valence-electron chi connectivity index (χ2n) is 4.22. The third-order valence-corrected chi connectivity index (χ3v) is 2.85. The summed E-state index contributed by atoms with van der Waals surface area (Å²) >= 11 is 0. The maximum Gasteiger partial charge on any atom is 0.270 e. The van der Waals surface area contributed by atoms with Crippen molar-refractivity contribution in [1.82, 2.24) is 10.3 Å². The van der Waals surface area contributed by atoms with Gasteiger partial charge in [0.2, 0.25) is 5.95 Å². The lowest BCUT2D eigenvalue weighted by Gasteiger charge is -2.10. The highest BCUT2D eigenvalue weighted by atomic mass is 19.1. The standard InChI is InChI=1S/C15H15FN2O3/c1-20-12-7-6-10(8-13(12)21-2)9-17-15(19)11-4-3-5-14(16)18-11/h3-8H,9H2,1-2H3,(H,17,19). The van der Waals surface area contributed by atoms with Gasteiger partial charge >= 0.3 is 0 Å². The number of pyridine rings is 1. The predicted molar refractivity (Wildman–Crippen MR) is 74.9 cm³/mol. The summed E-state index contributed by atoms with van der Waals surface area (Å²) in [6.07, 6.45) is 0. The molecule has 6 heteroatoms. The number of ether oxygens (including phenoxy) is 2. The minimum Gasteiger partial charge on any atom is -0.493 e. The summed E-state index contributed by atoms with van der Waals surface area (Å²) < 4.78 is 23.3. The Hall–Kier alpha value is -2.63. The SMILES string of the molecule is COc1ccc(CNC(=O)c2cccc(F)n2)cc1OC. The Morgan fingerprint density at radius 1 is 1.19 bits per heavy atom. The van der Waals surface area contributed by atoms with Crippen LogP contribution in [-0.4, -0.2) is 25.1 Å². The maximum atomic E-state index is 13.0. The van der Waals surface area contributed by atoms with Crippen molar-refractivity contribution >= 4 is 5.91 Å². The van der Waals surface area contributed by atoms with Crippen molar-refractivity contribution < 1.29 is 18.7 Å². The van der Waals surface area contributed by atoms with Crippen LogP contribution in [0.25, 0.3) is 0 Å². The second kappa shape index (κ2) is 6.69. The fourth-order valence-electron chi connectivity index (χ4n) is 1.80. The van der Waals surface area contributed by atoms with Crippen LogP contribution in [0.5, 0.6) is 11.5 Å². The average molecular weight is 290 g/mol. The summed E-state index contributed by atoms with van der Waals surface area (Å²) in [6.45, 7) is 0.275. The van der Waals surface area contributed by atoms with E-state index in [0.717, 1.165) is 5.56 Å². The van der Waals surface area contributed by atoms with Gasteiger partial charge in [0.05, 0.1) is 14.2 Å². The zero-order valence-electron chi connectivity index (χ0n) is 11.7. The van der Waals surface area contributed by atoms with Gasteiger partial charge in [0.15, 0.2) is 11.5 Å². The molecule has 1 aromatic carbocycles. The van der Waals surface area contributed by atoms with Gasteiger partial charge in [-0.2, -0.15) is 4.39 Å². The maximum absolute atomic E-state index is 13.0. The van der Waals surface area contributed by atoms with Crippen LogP contribution in [0, 0.1) is 5.95 Å². The predicted octanol–water partition coefficient (Wildman–Crippen LogP) is 2.17. The highest BCUT2D eigenvalue weighted by Gasteiger charge is 2.09. The van der Waals surface area contributed by atoms with E-state index in [-0.39, 0.29) is 12.2 Å². The van der Waals surface area contributed by atoms with E-state index in [2.05, 4.69) is 10.3 Å². The average Bonchev–Trinajstić information content (AvgIpc) is 2.52. The zero-order valence-corrected chi connectivity index (χ0v) is 11.7. The van der Waals surface area contributed by atoms with E-state index < -0.39 is 11.9 Å². The lowest BCUT2D eigenvalue weighted by molar-refractivity contribution is 0.0944. The Bertz CT molecular complexity index is 647. The summed E-state index contributed by atoms with van der Waals surface area (Å²) in [4.78, 5) is 15.4. The summed E-state index contributed by atoms with van der Waals surface area (Å²) in [6, 6.07) is 9.39. The number of rotatable bonds is 5. The topological polar surface area (TPSA) is 60.5 Å². The van der Waals surface area contributed by atoms with Gasteiger partial charge in [-0.15, -0.1) is 0 Å². The number of nitrogens with one attached hydrogen (secondary N) is 1. The monoisotopic (exact) mass is 290 g/mol. The molecule has 0 atom stereocenters. The number of methoxy groups -OCH3 is 2. The molecule has 0 saturated heterocycles. The largest absolute Gasteiger partial charge is 0.493 e. The number of amides is 1. The number of carbonyl (C=O) groups excluding carboxylic acids is 1. The normalized spacial score (nSPS) is 10.0. The molecule has 1 heterocycles. The first-order valence-electron chi connectivity index (χ1n) is 6.25. The Balaban J connectivity index is 2.04. The summed E-state index contributed by atoms with van der Waals surface area (Å²) in [5, 5.41) is 2.67. The quantitative estimate of drug-likeness (QED) is 0.857. The van der Waals surface area contributed by atoms with Crippen LogP contribution < -0.4 is 14.8 Å². The van der Waals surface area contributed by atoms with Crippen molar-refractivity contribution in [3.05, 3.63) is 53.6 Å². The van der Waals surface area contributed by atoms with Crippen molar-refractivity contribution in [2.24, 2.45) is 0 Å². The molecule has 110 valence electrons. The molecule has 0 aliphatic rings. The highest BCUT2D eigenvalue weighted by molar-refractivity contribution is 5.92. The number of carbonyl (C=O) groups is 1. The highest BCUT2D eigenvalue weighted by Crippen LogP contribution is 2.27. The van der Waals surface area contributed by atoms with Gasteiger partial charge in [-0.3, -0.25) is 4.79 Å². The van der Waals surface area contributed by atoms with Crippen molar-refractivity contribution in [3.8, 4) is 11.5 Å². The smallest absolute Gasteiger partial charge is 0.270 e. The van der Waals surface area contributed by atoms with Crippen molar-refractivity contribution in [1.29, 1.82) is 0 Å². The number of halogens is 1. The van der Waals surface area contributed by atoms with Crippen LogP contribution in [0.4, 0.5) is 4.39 Å².